The van der Waals surface area contributed by atoms with E-state index in [2.05, 4.69) is 17.1 Å². The standard InChI is InChI=1S/C13H22Cl2N2O/c1-3-6-17-7-4-10(5-8-17)16-11(18)12(2)9-13(12,14)15/h10H,3-9H2,1-2H3,(H,16,18). The lowest BCUT2D eigenvalue weighted by Gasteiger charge is -2.32. The SMILES string of the molecule is CCCN1CCC(NC(=O)C2(C)CC2(Cl)Cl)CC1. The Morgan fingerprint density at radius 2 is 1.94 bits per heavy atom. The van der Waals surface area contributed by atoms with Gasteiger partial charge in [-0.15, -0.1) is 23.2 Å². The first-order valence-corrected chi connectivity index (χ1v) is 7.56. The molecular formula is C13H22Cl2N2O. The average Bonchev–Trinajstić information content (AvgIpc) is 2.83. The van der Waals surface area contributed by atoms with Gasteiger partial charge < -0.3 is 10.2 Å². The maximum absolute atomic E-state index is 12.1. The molecule has 0 spiro atoms. The molecule has 3 nitrogen and oxygen atoms in total. The Kier molecular flexibility index (Phi) is 4.15. The number of likely N-dealkylation sites (tertiary alicyclic amines) is 1. The molecule has 1 atom stereocenters. The fourth-order valence-corrected chi connectivity index (χ4v) is 3.31. The Balaban J connectivity index is 1.77. The Hall–Kier alpha value is 0.01000. The van der Waals surface area contributed by atoms with Crippen molar-refractivity contribution in [1.29, 1.82) is 0 Å². The summed E-state index contributed by atoms with van der Waals surface area (Å²) in [6.07, 6.45) is 3.80. The smallest absolute Gasteiger partial charge is 0.229 e. The number of halogens is 2. The van der Waals surface area contributed by atoms with Gasteiger partial charge in [-0.3, -0.25) is 4.79 Å². The maximum atomic E-state index is 12.1. The molecule has 2 fully saturated rings. The van der Waals surface area contributed by atoms with Crippen molar-refractivity contribution in [2.75, 3.05) is 19.6 Å². The van der Waals surface area contributed by atoms with Gasteiger partial charge in [-0.05, 0) is 39.2 Å². The molecule has 1 aliphatic carbocycles. The van der Waals surface area contributed by atoms with Crippen LogP contribution in [0.25, 0.3) is 0 Å². The van der Waals surface area contributed by atoms with Gasteiger partial charge >= 0.3 is 0 Å². The summed E-state index contributed by atoms with van der Waals surface area (Å²) < 4.78 is -0.861. The number of rotatable bonds is 4. The zero-order valence-corrected chi connectivity index (χ0v) is 12.7. The number of hydrogen-bond acceptors (Lipinski definition) is 2. The fourth-order valence-electron chi connectivity index (χ4n) is 2.61. The van der Waals surface area contributed by atoms with Crippen molar-refractivity contribution in [2.45, 2.75) is 49.9 Å². The van der Waals surface area contributed by atoms with E-state index in [1.807, 2.05) is 6.92 Å². The maximum Gasteiger partial charge on any atom is 0.229 e. The number of hydrogen-bond donors (Lipinski definition) is 1. The summed E-state index contributed by atoms with van der Waals surface area (Å²) in [5.41, 5.74) is -0.587. The van der Waals surface area contributed by atoms with Crippen molar-refractivity contribution in [3.8, 4) is 0 Å². The summed E-state index contributed by atoms with van der Waals surface area (Å²) in [4.78, 5) is 14.6. The Morgan fingerprint density at radius 1 is 1.39 bits per heavy atom. The number of nitrogens with one attached hydrogen (secondary N) is 1. The summed E-state index contributed by atoms with van der Waals surface area (Å²) in [5, 5.41) is 3.11. The summed E-state index contributed by atoms with van der Waals surface area (Å²) in [5.74, 6) is 0.0152. The second-order valence-electron chi connectivity index (χ2n) is 5.80. The lowest BCUT2D eigenvalue weighted by Crippen LogP contribution is -2.47. The molecule has 1 unspecified atom stereocenters. The third-order valence-corrected chi connectivity index (χ3v) is 5.32. The van der Waals surface area contributed by atoms with E-state index < -0.39 is 9.75 Å². The van der Waals surface area contributed by atoms with Crippen molar-refractivity contribution >= 4 is 29.1 Å². The molecule has 0 aromatic rings. The summed E-state index contributed by atoms with van der Waals surface area (Å²) in [6, 6.07) is 0.284. The molecule has 1 saturated heterocycles. The third kappa shape index (κ3) is 2.78. The quantitative estimate of drug-likeness (QED) is 0.808. The van der Waals surface area contributed by atoms with Crippen LogP contribution in [0.3, 0.4) is 0 Å². The number of carbonyl (C=O) groups excluding carboxylic acids is 1. The number of piperidine rings is 1. The van der Waals surface area contributed by atoms with E-state index in [1.54, 1.807) is 0 Å². The van der Waals surface area contributed by atoms with E-state index in [4.69, 9.17) is 23.2 Å². The number of alkyl halides is 2. The van der Waals surface area contributed by atoms with Crippen molar-refractivity contribution < 1.29 is 4.79 Å². The fraction of sp³-hybridized carbons (Fsp3) is 0.923. The van der Waals surface area contributed by atoms with Gasteiger partial charge in [0.2, 0.25) is 5.91 Å². The van der Waals surface area contributed by atoms with Gasteiger partial charge in [0, 0.05) is 19.1 Å². The van der Waals surface area contributed by atoms with Crippen LogP contribution in [0.15, 0.2) is 0 Å². The minimum atomic E-state index is -0.861. The Bertz CT molecular complexity index is 327. The van der Waals surface area contributed by atoms with Gasteiger partial charge in [0.15, 0.2) is 0 Å². The van der Waals surface area contributed by atoms with Gasteiger partial charge in [0.05, 0.1) is 5.41 Å². The molecule has 1 aliphatic heterocycles. The highest BCUT2D eigenvalue weighted by Crippen LogP contribution is 2.63. The van der Waals surface area contributed by atoms with Gasteiger partial charge in [-0.25, -0.2) is 0 Å². The molecule has 0 radical (unpaired) electrons. The van der Waals surface area contributed by atoms with Gasteiger partial charge in [-0.1, -0.05) is 6.92 Å². The van der Waals surface area contributed by atoms with Gasteiger partial charge in [0.1, 0.15) is 4.33 Å². The number of carbonyl (C=O) groups is 1. The largest absolute Gasteiger partial charge is 0.353 e. The molecule has 104 valence electrons. The molecule has 0 aromatic heterocycles. The average molecular weight is 293 g/mol. The molecule has 2 aliphatic rings. The molecule has 1 heterocycles. The lowest BCUT2D eigenvalue weighted by atomic mass is 10.0. The first-order valence-electron chi connectivity index (χ1n) is 6.80. The van der Waals surface area contributed by atoms with E-state index in [-0.39, 0.29) is 11.9 Å². The molecule has 1 amide bonds. The van der Waals surface area contributed by atoms with E-state index in [0.29, 0.717) is 6.42 Å². The van der Waals surface area contributed by atoms with Crippen LogP contribution in [0.2, 0.25) is 0 Å². The lowest BCUT2D eigenvalue weighted by molar-refractivity contribution is -0.126. The van der Waals surface area contributed by atoms with Gasteiger partial charge in [-0.2, -0.15) is 0 Å². The molecular weight excluding hydrogens is 271 g/mol. The molecule has 18 heavy (non-hydrogen) atoms. The highest BCUT2D eigenvalue weighted by Gasteiger charge is 2.68. The first kappa shape index (κ1) is 14.4. The topological polar surface area (TPSA) is 32.3 Å². The number of nitrogens with zero attached hydrogens (tertiary/aromatic N) is 1. The van der Waals surface area contributed by atoms with Crippen molar-refractivity contribution in [3.63, 3.8) is 0 Å². The van der Waals surface area contributed by atoms with Crippen LogP contribution in [0, 0.1) is 5.41 Å². The van der Waals surface area contributed by atoms with Crippen LogP contribution in [0.5, 0.6) is 0 Å². The summed E-state index contributed by atoms with van der Waals surface area (Å²) >= 11 is 12.0. The Labute approximate surface area is 119 Å². The zero-order chi connectivity index (χ0) is 13.4. The molecule has 1 N–H and O–H groups in total. The molecule has 1 saturated carbocycles. The van der Waals surface area contributed by atoms with Crippen molar-refractivity contribution in [1.82, 2.24) is 10.2 Å². The molecule has 0 aromatic carbocycles. The highest BCUT2D eigenvalue weighted by atomic mass is 35.5. The molecule has 5 heteroatoms. The van der Waals surface area contributed by atoms with Crippen LogP contribution >= 0.6 is 23.2 Å². The van der Waals surface area contributed by atoms with Crippen LogP contribution in [0.4, 0.5) is 0 Å². The molecule has 0 bridgehead atoms. The van der Waals surface area contributed by atoms with Crippen LogP contribution in [-0.2, 0) is 4.79 Å². The van der Waals surface area contributed by atoms with Gasteiger partial charge in [0.25, 0.3) is 0 Å². The van der Waals surface area contributed by atoms with E-state index in [1.165, 1.54) is 6.42 Å². The normalized spacial score (nSPS) is 32.2. The predicted molar refractivity (Wildman–Crippen MR) is 75.1 cm³/mol. The van der Waals surface area contributed by atoms with Crippen LogP contribution in [-0.4, -0.2) is 40.8 Å². The van der Waals surface area contributed by atoms with E-state index in [9.17, 15) is 4.79 Å². The summed E-state index contributed by atoms with van der Waals surface area (Å²) in [7, 11) is 0. The van der Waals surface area contributed by atoms with Crippen molar-refractivity contribution in [3.05, 3.63) is 0 Å². The van der Waals surface area contributed by atoms with Crippen LogP contribution < -0.4 is 5.32 Å². The zero-order valence-electron chi connectivity index (χ0n) is 11.1. The highest BCUT2D eigenvalue weighted by molar-refractivity contribution is 6.53. The third-order valence-electron chi connectivity index (χ3n) is 4.22. The van der Waals surface area contributed by atoms with Crippen molar-refractivity contribution in [2.24, 2.45) is 5.41 Å². The first-order chi connectivity index (χ1) is 8.39. The Morgan fingerprint density at radius 3 is 2.39 bits per heavy atom. The minimum absolute atomic E-state index is 0.0152. The predicted octanol–water partition coefficient (Wildman–Crippen LogP) is 2.56. The minimum Gasteiger partial charge on any atom is -0.353 e. The second kappa shape index (κ2) is 5.18. The number of amides is 1. The second-order valence-corrected chi connectivity index (χ2v) is 7.29. The van der Waals surface area contributed by atoms with Crippen LogP contribution in [0.1, 0.15) is 39.5 Å². The van der Waals surface area contributed by atoms with E-state index in [0.717, 1.165) is 32.5 Å². The summed E-state index contributed by atoms with van der Waals surface area (Å²) in [6.45, 7) is 7.34. The monoisotopic (exact) mass is 292 g/mol. The molecule has 2 rings (SSSR count). The van der Waals surface area contributed by atoms with E-state index >= 15 is 0 Å².